The minimum absolute atomic E-state index is 0.0000926. The van der Waals surface area contributed by atoms with Gasteiger partial charge in [0.2, 0.25) is 5.13 Å². The largest absolute Gasteiger partial charge is 0.392 e. The van der Waals surface area contributed by atoms with Crippen LogP contribution in [0, 0.1) is 0 Å². The van der Waals surface area contributed by atoms with Gasteiger partial charge in [0.1, 0.15) is 5.51 Å². The molecule has 0 bridgehead atoms. The lowest BCUT2D eigenvalue weighted by atomic mass is 10.2. The maximum absolute atomic E-state index is 12.0. The highest BCUT2D eigenvalue weighted by Crippen LogP contribution is 2.23. The second-order valence-corrected chi connectivity index (χ2v) is 6.18. The van der Waals surface area contributed by atoms with Crippen molar-refractivity contribution >= 4 is 38.1 Å². The van der Waals surface area contributed by atoms with E-state index in [0.29, 0.717) is 5.56 Å². The van der Waals surface area contributed by atoms with Crippen LogP contribution in [0.5, 0.6) is 0 Å². The maximum atomic E-state index is 12.0. The van der Waals surface area contributed by atoms with Crippen LogP contribution in [0.1, 0.15) is 5.56 Å². The van der Waals surface area contributed by atoms with Gasteiger partial charge in [-0.15, -0.1) is 10.2 Å². The number of rotatable bonds is 4. The third kappa shape index (κ3) is 2.78. The van der Waals surface area contributed by atoms with Crippen molar-refractivity contribution < 1.29 is 13.5 Å². The van der Waals surface area contributed by atoms with Crippen LogP contribution < -0.4 is 4.72 Å². The molecule has 0 atom stereocenters. The summed E-state index contributed by atoms with van der Waals surface area (Å²) in [6.45, 7) is -0.247. The monoisotopic (exact) mass is 305 g/mol. The third-order valence-corrected chi connectivity index (χ3v) is 4.51. The number of nitrogens with one attached hydrogen (secondary N) is 1. The number of hydrogen-bond donors (Lipinski definition) is 2. The molecule has 2 aromatic rings. The molecule has 0 saturated carbocycles. The summed E-state index contributed by atoms with van der Waals surface area (Å²) in [6, 6.07) is 4.09. The molecule has 0 spiro atoms. The van der Waals surface area contributed by atoms with Crippen molar-refractivity contribution in [2.45, 2.75) is 11.5 Å². The molecule has 0 aliphatic rings. The van der Waals surface area contributed by atoms with Gasteiger partial charge >= 0.3 is 0 Å². The van der Waals surface area contributed by atoms with Crippen molar-refractivity contribution in [1.29, 1.82) is 0 Å². The first-order valence-electron chi connectivity index (χ1n) is 4.71. The van der Waals surface area contributed by atoms with Crippen LogP contribution in [-0.4, -0.2) is 23.7 Å². The van der Waals surface area contributed by atoms with Gasteiger partial charge in [0.15, 0.2) is 0 Å². The number of halogens is 1. The quantitative estimate of drug-likeness (QED) is 0.892. The van der Waals surface area contributed by atoms with Gasteiger partial charge in [-0.05, 0) is 17.7 Å². The van der Waals surface area contributed by atoms with Crippen molar-refractivity contribution in [3.63, 3.8) is 0 Å². The van der Waals surface area contributed by atoms with E-state index in [2.05, 4.69) is 14.9 Å². The molecule has 0 amide bonds. The first-order valence-corrected chi connectivity index (χ1v) is 7.45. The summed E-state index contributed by atoms with van der Waals surface area (Å²) in [6.07, 6.45) is 0. The fourth-order valence-electron chi connectivity index (χ4n) is 1.21. The second kappa shape index (κ2) is 5.19. The van der Waals surface area contributed by atoms with Gasteiger partial charge in [-0.2, -0.15) is 0 Å². The second-order valence-electron chi connectivity index (χ2n) is 3.26. The number of nitrogens with zero attached hydrogens (tertiary/aromatic N) is 2. The summed E-state index contributed by atoms with van der Waals surface area (Å²) >= 11 is 6.91. The van der Waals surface area contributed by atoms with Crippen molar-refractivity contribution in [3.05, 3.63) is 34.3 Å². The topological polar surface area (TPSA) is 92.2 Å². The molecule has 1 aromatic heterocycles. The Kier molecular flexibility index (Phi) is 3.81. The van der Waals surface area contributed by atoms with Crippen molar-refractivity contribution in [2.75, 3.05) is 4.72 Å². The van der Waals surface area contributed by atoms with Gasteiger partial charge in [0.25, 0.3) is 10.0 Å². The Balaban J connectivity index is 2.33. The van der Waals surface area contributed by atoms with Crippen molar-refractivity contribution in [1.82, 2.24) is 10.2 Å². The first kappa shape index (κ1) is 13.2. The number of aliphatic hydroxyl groups excluding tert-OH is 1. The van der Waals surface area contributed by atoms with Crippen LogP contribution in [0.4, 0.5) is 5.13 Å². The molecule has 9 heteroatoms. The minimum Gasteiger partial charge on any atom is -0.392 e. The lowest BCUT2D eigenvalue weighted by molar-refractivity contribution is 0.282. The first-order chi connectivity index (χ1) is 8.53. The molecule has 0 radical (unpaired) electrons. The number of benzene rings is 1. The molecule has 0 fully saturated rings. The smallest absolute Gasteiger partial charge is 0.263 e. The average molecular weight is 306 g/mol. The fourth-order valence-corrected chi connectivity index (χ4v) is 3.24. The van der Waals surface area contributed by atoms with Crippen LogP contribution in [0.25, 0.3) is 0 Å². The van der Waals surface area contributed by atoms with Gasteiger partial charge in [0, 0.05) is 5.02 Å². The van der Waals surface area contributed by atoms with E-state index in [1.54, 1.807) is 0 Å². The Hall–Kier alpha value is -1.22. The molecule has 2 N–H and O–H groups in total. The lowest BCUT2D eigenvalue weighted by Gasteiger charge is -2.06. The number of aliphatic hydroxyl groups is 1. The Bertz CT molecular complexity index is 643. The molecule has 0 aliphatic carbocycles. The summed E-state index contributed by atoms with van der Waals surface area (Å²) in [5.41, 5.74) is 1.88. The molecule has 0 saturated heterocycles. The predicted octanol–water partition coefficient (Wildman–Crippen LogP) is 1.48. The SMILES string of the molecule is O=S(=O)(Nc1nncs1)c1ccc(CO)c(Cl)c1. The highest BCUT2D eigenvalue weighted by Gasteiger charge is 2.17. The van der Waals surface area contributed by atoms with E-state index >= 15 is 0 Å². The Morgan fingerprint density at radius 2 is 2.22 bits per heavy atom. The van der Waals surface area contributed by atoms with E-state index in [1.165, 1.54) is 23.7 Å². The van der Waals surface area contributed by atoms with E-state index in [4.69, 9.17) is 16.7 Å². The fraction of sp³-hybridized carbons (Fsp3) is 0.111. The standard InChI is InChI=1S/C9H8ClN3O3S2/c10-8-3-7(2-1-6(8)4-14)18(15,16)13-9-12-11-5-17-9/h1-3,5,14H,4H2,(H,12,13). The predicted molar refractivity (Wildman–Crippen MR) is 68.1 cm³/mol. The number of anilines is 1. The zero-order valence-electron chi connectivity index (χ0n) is 8.87. The van der Waals surface area contributed by atoms with Gasteiger partial charge in [-0.1, -0.05) is 29.0 Å². The Morgan fingerprint density at radius 3 is 2.78 bits per heavy atom. The highest BCUT2D eigenvalue weighted by atomic mass is 35.5. The number of sulfonamides is 1. The third-order valence-electron chi connectivity index (χ3n) is 2.09. The van der Waals surface area contributed by atoms with E-state index in [1.807, 2.05) is 0 Å². The van der Waals surface area contributed by atoms with Crippen LogP contribution >= 0.6 is 22.9 Å². The molecular formula is C9H8ClN3O3S2. The molecule has 96 valence electrons. The van der Waals surface area contributed by atoms with E-state index < -0.39 is 10.0 Å². The van der Waals surface area contributed by atoms with Gasteiger partial charge in [0.05, 0.1) is 11.5 Å². The number of hydrogen-bond acceptors (Lipinski definition) is 6. The number of aromatic nitrogens is 2. The van der Waals surface area contributed by atoms with Crippen molar-refractivity contribution in [3.8, 4) is 0 Å². The van der Waals surface area contributed by atoms with E-state index in [0.717, 1.165) is 11.3 Å². The molecule has 6 nitrogen and oxygen atoms in total. The summed E-state index contributed by atoms with van der Waals surface area (Å²) in [5.74, 6) is 0. The van der Waals surface area contributed by atoms with Crippen LogP contribution in [0.15, 0.2) is 28.6 Å². The highest BCUT2D eigenvalue weighted by molar-refractivity contribution is 7.93. The van der Waals surface area contributed by atoms with Crippen LogP contribution in [-0.2, 0) is 16.6 Å². The van der Waals surface area contributed by atoms with Gasteiger partial charge in [-0.3, -0.25) is 4.72 Å². The van der Waals surface area contributed by atoms with E-state index in [9.17, 15) is 8.42 Å². The zero-order chi connectivity index (χ0) is 13.2. The maximum Gasteiger partial charge on any atom is 0.263 e. The summed E-state index contributed by atoms with van der Waals surface area (Å²) in [5, 5.41) is 16.4. The normalized spacial score (nSPS) is 11.4. The summed E-state index contributed by atoms with van der Waals surface area (Å²) in [4.78, 5) is -0.0000926. The van der Waals surface area contributed by atoms with E-state index in [-0.39, 0.29) is 21.7 Å². The zero-order valence-corrected chi connectivity index (χ0v) is 11.3. The molecule has 0 unspecified atom stereocenters. The molecule has 0 aliphatic heterocycles. The molecule has 1 heterocycles. The summed E-state index contributed by atoms with van der Waals surface area (Å²) in [7, 11) is -3.74. The molecular weight excluding hydrogens is 298 g/mol. The molecule has 2 rings (SSSR count). The van der Waals surface area contributed by atoms with Gasteiger partial charge < -0.3 is 5.11 Å². The Morgan fingerprint density at radius 1 is 1.44 bits per heavy atom. The lowest BCUT2D eigenvalue weighted by Crippen LogP contribution is -2.13. The van der Waals surface area contributed by atoms with Crippen molar-refractivity contribution in [2.24, 2.45) is 0 Å². The minimum atomic E-state index is -3.74. The Labute approximate surface area is 112 Å². The molecule has 18 heavy (non-hydrogen) atoms. The average Bonchev–Trinajstić information content (AvgIpc) is 2.81. The molecule has 1 aromatic carbocycles. The summed E-state index contributed by atoms with van der Waals surface area (Å²) < 4.78 is 26.2. The van der Waals surface area contributed by atoms with Crippen LogP contribution in [0.3, 0.4) is 0 Å². The van der Waals surface area contributed by atoms with Crippen LogP contribution in [0.2, 0.25) is 5.02 Å². The van der Waals surface area contributed by atoms with Gasteiger partial charge in [-0.25, -0.2) is 8.42 Å².